The van der Waals surface area contributed by atoms with E-state index in [9.17, 15) is 9.59 Å². The van der Waals surface area contributed by atoms with Crippen LogP contribution < -0.4 is 5.73 Å². The number of carbonyl (C=O) groups excluding carboxylic acids is 2. The van der Waals surface area contributed by atoms with Crippen molar-refractivity contribution in [2.45, 2.75) is 6.92 Å². The lowest BCUT2D eigenvalue weighted by molar-refractivity contribution is -0.143. The number of hydrogen-bond acceptors (Lipinski definition) is 5. The Morgan fingerprint density at radius 1 is 1.00 bits per heavy atom. The van der Waals surface area contributed by atoms with E-state index in [4.69, 9.17) is 5.73 Å². The zero-order chi connectivity index (χ0) is 13.7. The van der Waals surface area contributed by atoms with Gasteiger partial charge < -0.3 is 15.2 Å². The highest BCUT2D eigenvalue weighted by molar-refractivity contribution is 6.19. The summed E-state index contributed by atoms with van der Waals surface area (Å²) in [7, 11) is 2.42. The average molecular weight is 249 g/mol. The predicted molar refractivity (Wildman–Crippen MR) is 67.5 cm³/mol. The number of ether oxygens (including phenoxy) is 2. The molecule has 0 amide bonds. The van der Waals surface area contributed by atoms with Gasteiger partial charge in [-0.15, -0.1) is 0 Å². The van der Waals surface area contributed by atoms with Crippen molar-refractivity contribution in [2.75, 3.05) is 20.0 Å². The van der Waals surface area contributed by atoms with Crippen molar-refractivity contribution in [3.63, 3.8) is 0 Å². The van der Waals surface area contributed by atoms with E-state index in [2.05, 4.69) is 9.47 Å². The molecule has 0 bridgehead atoms. The first-order valence-corrected chi connectivity index (χ1v) is 5.24. The second-order valence-corrected chi connectivity index (χ2v) is 3.61. The maximum Gasteiger partial charge on any atom is 0.345 e. The van der Waals surface area contributed by atoms with E-state index in [0.717, 1.165) is 0 Å². The standard InChI is InChI=1S/C13H15NO4/c1-8(9-4-6-10(14)7-5-9)11(12(15)17-2)13(16)18-3/h4-7H,14H2,1-3H3. The van der Waals surface area contributed by atoms with Crippen LogP contribution in [-0.2, 0) is 19.1 Å². The summed E-state index contributed by atoms with van der Waals surface area (Å²) in [6, 6.07) is 6.81. The number of rotatable bonds is 3. The van der Waals surface area contributed by atoms with Crippen LogP contribution in [0.2, 0.25) is 0 Å². The molecule has 96 valence electrons. The Balaban J connectivity index is 3.30. The van der Waals surface area contributed by atoms with Crippen LogP contribution in [0.4, 0.5) is 5.69 Å². The summed E-state index contributed by atoms with van der Waals surface area (Å²) >= 11 is 0. The van der Waals surface area contributed by atoms with E-state index in [1.54, 1.807) is 31.2 Å². The fourth-order valence-electron chi connectivity index (χ4n) is 1.47. The predicted octanol–water partition coefficient (Wildman–Crippen LogP) is 1.39. The molecule has 1 rings (SSSR count). The van der Waals surface area contributed by atoms with E-state index in [1.807, 2.05) is 0 Å². The minimum absolute atomic E-state index is 0.121. The van der Waals surface area contributed by atoms with Crippen molar-refractivity contribution in [3.8, 4) is 0 Å². The number of esters is 2. The highest BCUT2D eigenvalue weighted by Crippen LogP contribution is 2.21. The smallest absolute Gasteiger partial charge is 0.345 e. The third kappa shape index (κ3) is 2.88. The lowest BCUT2D eigenvalue weighted by atomic mass is 10.0. The van der Waals surface area contributed by atoms with Crippen LogP contribution >= 0.6 is 0 Å². The molecule has 0 aromatic heterocycles. The van der Waals surface area contributed by atoms with Gasteiger partial charge in [0.25, 0.3) is 0 Å². The Morgan fingerprint density at radius 3 is 1.83 bits per heavy atom. The molecule has 0 aliphatic heterocycles. The molecule has 0 atom stereocenters. The fourth-order valence-corrected chi connectivity index (χ4v) is 1.47. The summed E-state index contributed by atoms with van der Waals surface area (Å²) in [5.41, 5.74) is 7.24. The fraction of sp³-hybridized carbons (Fsp3) is 0.231. The van der Waals surface area contributed by atoms with Gasteiger partial charge in [0.15, 0.2) is 0 Å². The van der Waals surface area contributed by atoms with Gasteiger partial charge >= 0.3 is 11.9 Å². The molecule has 0 fully saturated rings. The van der Waals surface area contributed by atoms with Crippen molar-refractivity contribution in [2.24, 2.45) is 0 Å². The van der Waals surface area contributed by atoms with E-state index in [0.29, 0.717) is 16.8 Å². The molecule has 0 radical (unpaired) electrons. The SMILES string of the molecule is COC(=O)C(C(=O)OC)=C(C)c1ccc(N)cc1. The van der Waals surface area contributed by atoms with E-state index in [1.165, 1.54) is 14.2 Å². The molecule has 1 aromatic carbocycles. The summed E-state index contributed by atoms with van der Waals surface area (Å²) in [6.45, 7) is 1.65. The van der Waals surface area contributed by atoms with Crippen molar-refractivity contribution < 1.29 is 19.1 Å². The Bertz CT molecular complexity index is 470. The highest BCUT2D eigenvalue weighted by Gasteiger charge is 2.23. The summed E-state index contributed by atoms with van der Waals surface area (Å²) < 4.78 is 9.16. The molecular formula is C13H15NO4. The van der Waals surface area contributed by atoms with Crippen LogP contribution in [0.25, 0.3) is 5.57 Å². The molecule has 2 N–H and O–H groups in total. The van der Waals surface area contributed by atoms with Crippen LogP contribution in [0.15, 0.2) is 29.8 Å². The second kappa shape index (κ2) is 5.86. The number of benzene rings is 1. The molecule has 18 heavy (non-hydrogen) atoms. The first-order chi connectivity index (χ1) is 8.51. The Kier molecular flexibility index (Phi) is 4.48. The molecule has 0 unspecified atom stereocenters. The van der Waals surface area contributed by atoms with Crippen LogP contribution in [-0.4, -0.2) is 26.2 Å². The van der Waals surface area contributed by atoms with Crippen LogP contribution in [0.1, 0.15) is 12.5 Å². The molecule has 5 nitrogen and oxygen atoms in total. The number of hydrogen-bond donors (Lipinski definition) is 1. The first-order valence-electron chi connectivity index (χ1n) is 5.24. The molecule has 0 aliphatic rings. The monoisotopic (exact) mass is 249 g/mol. The Labute approximate surface area is 105 Å². The highest BCUT2D eigenvalue weighted by atomic mass is 16.5. The number of methoxy groups -OCH3 is 2. The van der Waals surface area contributed by atoms with Crippen LogP contribution in [0.3, 0.4) is 0 Å². The van der Waals surface area contributed by atoms with E-state index in [-0.39, 0.29) is 5.57 Å². The molecule has 5 heteroatoms. The zero-order valence-corrected chi connectivity index (χ0v) is 10.5. The lowest BCUT2D eigenvalue weighted by Gasteiger charge is -2.09. The van der Waals surface area contributed by atoms with Crippen molar-refractivity contribution in [1.82, 2.24) is 0 Å². The van der Waals surface area contributed by atoms with Gasteiger partial charge in [-0.25, -0.2) is 9.59 Å². The summed E-state index contributed by atoms with van der Waals surface area (Å²) in [5, 5.41) is 0. The van der Waals surface area contributed by atoms with Crippen molar-refractivity contribution >= 4 is 23.2 Å². The number of nitrogens with two attached hydrogens (primary N) is 1. The maximum absolute atomic E-state index is 11.6. The molecule has 0 spiro atoms. The average Bonchev–Trinajstić information content (AvgIpc) is 2.39. The summed E-state index contributed by atoms with van der Waals surface area (Å²) in [6.07, 6.45) is 0. The van der Waals surface area contributed by atoms with Crippen LogP contribution in [0.5, 0.6) is 0 Å². The third-order valence-corrected chi connectivity index (χ3v) is 2.50. The number of nitrogen functional groups attached to an aromatic ring is 1. The minimum Gasteiger partial charge on any atom is -0.465 e. The molecular weight excluding hydrogens is 234 g/mol. The van der Waals surface area contributed by atoms with Gasteiger partial charge in [-0.3, -0.25) is 0 Å². The molecule has 0 aliphatic carbocycles. The second-order valence-electron chi connectivity index (χ2n) is 3.61. The first kappa shape index (κ1) is 13.8. The van der Waals surface area contributed by atoms with Gasteiger partial charge in [-0.05, 0) is 30.2 Å². The van der Waals surface area contributed by atoms with Gasteiger partial charge in [0.1, 0.15) is 5.57 Å². The number of carbonyl (C=O) groups is 2. The van der Waals surface area contributed by atoms with Crippen molar-refractivity contribution in [1.29, 1.82) is 0 Å². The molecule has 0 heterocycles. The maximum atomic E-state index is 11.6. The van der Waals surface area contributed by atoms with Crippen LogP contribution in [0, 0.1) is 0 Å². The summed E-state index contributed by atoms with van der Waals surface area (Å²) in [5.74, 6) is -1.45. The molecule has 0 saturated carbocycles. The summed E-state index contributed by atoms with van der Waals surface area (Å²) in [4.78, 5) is 23.2. The Morgan fingerprint density at radius 2 is 1.44 bits per heavy atom. The van der Waals surface area contributed by atoms with E-state index < -0.39 is 11.9 Å². The van der Waals surface area contributed by atoms with Gasteiger partial charge in [-0.1, -0.05) is 12.1 Å². The van der Waals surface area contributed by atoms with Gasteiger partial charge in [0.2, 0.25) is 0 Å². The number of anilines is 1. The molecule has 0 saturated heterocycles. The quantitative estimate of drug-likeness (QED) is 0.288. The zero-order valence-electron chi connectivity index (χ0n) is 10.5. The topological polar surface area (TPSA) is 78.6 Å². The largest absolute Gasteiger partial charge is 0.465 e. The normalized spacial score (nSPS) is 9.50. The van der Waals surface area contributed by atoms with Gasteiger partial charge in [-0.2, -0.15) is 0 Å². The third-order valence-electron chi connectivity index (χ3n) is 2.50. The molecule has 1 aromatic rings. The number of allylic oxidation sites excluding steroid dienone is 1. The lowest BCUT2D eigenvalue weighted by Crippen LogP contribution is -2.17. The van der Waals surface area contributed by atoms with Gasteiger partial charge in [0, 0.05) is 5.69 Å². The van der Waals surface area contributed by atoms with Crippen molar-refractivity contribution in [3.05, 3.63) is 35.4 Å². The van der Waals surface area contributed by atoms with E-state index >= 15 is 0 Å². The Hall–Kier alpha value is -2.30. The van der Waals surface area contributed by atoms with Gasteiger partial charge in [0.05, 0.1) is 14.2 Å². The minimum atomic E-state index is -0.726.